The first-order valence-electron chi connectivity index (χ1n) is 6.03. The number of hydrogen-bond donors (Lipinski definition) is 1. The molecule has 1 atom stereocenters. The fourth-order valence-corrected chi connectivity index (χ4v) is 1.66. The van der Waals surface area contributed by atoms with Gasteiger partial charge < -0.3 is 14.8 Å². The summed E-state index contributed by atoms with van der Waals surface area (Å²) in [4.78, 5) is 0. The fraction of sp³-hybridized carbons (Fsp3) is 0.538. The van der Waals surface area contributed by atoms with Crippen molar-refractivity contribution in [3.8, 4) is 5.75 Å². The molecule has 1 aliphatic carbocycles. The summed E-state index contributed by atoms with van der Waals surface area (Å²) in [6.07, 6.45) is 2.06. The number of halogens is 2. The van der Waals surface area contributed by atoms with Crippen molar-refractivity contribution in [3.05, 3.63) is 29.8 Å². The van der Waals surface area contributed by atoms with Gasteiger partial charge in [-0.15, -0.1) is 0 Å². The maximum atomic E-state index is 13.4. The minimum Gasteiger partial charge on any atom is -0.484 e. The van der Waals surface area contributed by atoms with Crippen molar-refractivity contribution in [2.45, 2.75) is 25.0 Å². The molecule has 1 N–H and O–H groups in total. The lowest BCUT2D eigenvalue weighted by atomic mass is 10.3. The van der Waals surface area contributed by atoms with E-state index in [0.29, 0.717) is 19.2 Å². The summed E-state index contributed by atoms with van der Waals surface area (Å²) in [5.41, 5.74) is 0. The van der Waals surface area contributed by atoms with Crippen LogP contribution in [0.5, 0.6) is 5.75 Å². The minimum absolute atomic E-state index is 0.0519. The predicted octanol–water partition coefficient (Wildman–Crippen LogP) is 2.11. The molecular formula is C13H17F2NO2. The van der Waals surface area contributed by atoms with Gasteiger partial charge in [0, 0.05) is 25.8 Å². The molecule has 100 valence electrons. The highest BCUT2D eigenvalue weighted by molar-refractivity contribution is 5.25. The number of nitrogens with one attached hydrogen (secondary N) is 1. The number of ether oxygens (including phenoxy) is 2. The summed E-state index contributed by atoms with van der Waals surface area (Å²) in [5.74, 6) is -1.25. The third-order valence-corrected chi connectivity index (χ3v) is 2.75. The van der Waals surface area contributed by atoms with Crippen LogP contribution in [0.1, 0.15) is 12.8 Å². The van der Waals surface area contributed by atoms with Gasteiger partial charge in [0.25, 0.3) is 0 Å². The Labute approximate surface area is 105 Å². The summed E-state index contributed by atoms with van der Waals surface area (Å²) in [6.45, 7) is 0.950. The first-order valence-corrected chi connectivity index (χ1v) is 6.03. The highest BCUT2D eigenvalue weighted by Gasteiger charge is 2.23. The average Bonchev–Trinajstić information content (AvgIpc) is 3.13. The zero-order chi connectivity index (χ0) is 13.0. The molecule has 0 bridgehead atoms. The van der Waals surface area contributed by atoms with E-state index < -0.39 is 11.6 Å². The molecule has 0 aliphatic heterocycles. The second-order valence-electron chi connectivity index (χ2n) is 4.45. The van der Waals surface area contributed by atoms with E-state index in [1.165, 1.54) is 25.0 Å². The number of rotatable bonds is 7. The van der Waals surface area contributed by atoms with Crippen molar-refractivity contribution in [1.29, 1.82) is 0 Å². The number of hydrogen-bond acceptors (Lipinski definition) is 3. The normalized spacial score (nSPS) is 16.6. The van der Waals surface area contributed by atoms with E-state index in [0.717, 1.165) is 6.07 Å². The molecule has 1 fully saturated rings. The molecule has 3 nitrogen and oxygen atoms in total. The average molecular weight is 257 g/mol. The topological polar surface area (TPSA) is 30.5 Å². The van der Waals surface area contributed by atoms with Crippen LogP contribution in [-0.4, -0.2) is 32.4 Å². The quantitative estimate of drug-likeness (QED) is 0.811. The molecule has 1 aromatic rings. The summed E-state index contributed by atoms with van der Waals surface area (Å²) < 4.78 is 36.7. The van der Waals surface area contributed by atoms with Crippen LogP contribution >= 0.6 is 0 Å². The second-order valence-corrected chi connectivity index (χ2v) is 4.45. The summed E-state index contributed by atoms with van der Waals surface area (Å²) >= 11 is 0. The van der Waals surface area contributed by atoms with Crippen LogP contribution < -0.4 is 10.1 Å². The fourth-order valence-electron chi connectivity index (χ4n) is 1.66. The van der Waals surface area contributed by atoms with E-state index in [1.54, 1.807) is 7.11 Å². The van der Waals surface area contributed by atoms with Crippen LogP contribution in [0.15, 0.2) is 18.2 Å². The molecule has 5 heteroatoms. The van der Waals surface area contributed by atoms with Gasteiger partial charge in [0.05, 0.1) is 6.61 Å². The Bertz CT molecular complexity index is 397. The third kappa shape index (κ3) is 3.92. The Kier molecular flexibility index (Phi) is 4.49. The lowest BCUT2D eigenvalue weighted by Gasteiger charge is -2.19. The maximum Gasteiger partial charge on any atom is 0.167 e. The van der Waals surface area contributed by atoms with Crippen LogP contribution in [0, 0.1) is 11.6 Å². The molecule has 1 saturated carbocycles. The first kappa shape index (κ1) is 13.2. The molecule has 1 aromatic carbocycles. The maximum absolute atomic E-state index is 13.4. The SMILES string of the molecule is COCC(CNC1CC1)Oc1ccc(F)cc1F. The van der Waals surface area contributed by atoms with Gasteiger partial charge in [-0.1, -0.05) is 0 Å². The molecule has 0 radical (unpaired) electrons. The Hall–Kier alpha value is -1.20. The molecule has 2 rings (SSSR count). The highest BCUT2D eigenvalue weighted by Crippen LogP contribution is 2.21. The van der Waals surface area contributed by atoms with E-state index in [-0.39, 0.29) is 11.9 Å². The summed E-state index contributed by atoms with van der Waals surface area (Å²) in [6, 6.07) is 3.83. The molecule has 0 spiro atoms. The largest absolute Gasteiger partial charge is 0.484 e. The molecule has 1 aliphatic rings. The number of benzene rings is 1. The van der Waals surface area contributed by atoms with Crippen LogP contribution in [0.2, 0.25) is 0 Å². The van der Waals surface area contributed by atoms with Crippen molar-refractivity contribution in [2.75, 3.05) is 20.3 Å². The van der Waals surface area contributed by atoms with Crippen LogP contribution in [-0.2, 0) is 4.74 Å². The highest BCUT2D eigenvalue weighted by atomic mass is 19.1. The van der Waals surface area contributed by atoms with Gasteiger partial charge in [0.15, 0.2) is 11.6 Å². The smallest absolute Gasteiger partial charge is 0.167 e. The minimum atomic E-state index is -0.692. The lowest BCUT2D eigenvalue weighted by Crippen LogP contribution is -2.36. The zero-order valence-corrected chi connectivity index (χ0v) is 10.3. The van der Waals surface area contributed by atoms with Gasteiger partial charge in [-0.05, 0) is 25.0 Å². The van der Waals surface area contributed by atoms with Crippen molar-refractivity contribution in [2.24, 2.45) is 0 Å². The summed E-state index contributed by atoms with van der Waals surface area (Å²) in [5, 5.41) is 3.29. The van der Waals surface area contributed by atoms with Crippen molar-refractivity contribution < 1.29 is 18.3 Å². The monoisotopic (exact) mass is 257 g/mol. The van der Waals surface area contributed by atoms with Gasteiger partial charge in [-0.3, -0.25) is 0 Å². The predicted molar refractivity (Wildman–Crippen MR) is 63.7 cm³/mol. The van der Waals surface area contributed by atoms with E-state index in [2.05, 4.69) is 5.32 Å². The van der Waals surface area contributed by atoms with Crippen molar-refractivity contribution in [1.82, 2.24) is 5.32 Å². The van der Waals surface area contributed by atoms with Crippen molar-refractivity contribution >= 4 is 0 Å². The Balaban J connectivity index is 1.92. The first-order chi connectivity index (χ1) is 8.69. The zero-order valence-electron chi connectivity index (χ0n) is 10.3. The third-order valence-electron chi connectivity index (χ3n) is 2.75. The Morgan fingerprint density at radius 3 is 2.78 bits per heavy atom. The van der Waals surface area contributed by atoms with E-state index in [1.807, 2.05) is 0 Å². The van der Waals surface area contributed by atoms with Gasteiger partial charge in [-0.25, -0.2) is 8.78 Å². The second kappa shape index (κ2) is 6.11. The van der Waals surface area contributed by atoms with E-state index >= 15 is 0 Å². The molecule has 0 aromatic heterocycles. The van der Waals surface area contributed by atoms with Gasteiger partial charge in [-0.2, -0.15) is 0 Å². The van der Waals surface area contributed by atoms with E-state index in [4.69, 9.17) is 9.47 Å². The van der Waals surface area contributed by atoms with Crippen molar-refractivity contribution in [3.63, 3.8) is 0 Å². The van der Waals surface area contributed by atoms with Crippen LogP contribution in [0.25, 0.3) is 0 Å². The summed E-state index contributed by atoms with van der Waals surface area (Å²) in [7, 11) is 1.56. The van der Waals surface area contributed by atoms with Crippen LogP contribution in [0.4, 0.5) is 8.78 Å². The molecule has 18 heavy (non-hydrogen) atoms. The molecule has 1 unspecified atom stereocenters. The van der Waals surface area contributed by atoms with E-state index in [9.17, 15) is 8.78 Å². The Morgan fingerprint density at radius 2 is 2.17 bits per heavy atom. The van der Waals surface area contributed by atoms with Crippen LogP contribution in [0.3, 0.4) is 0 Å². The molecule has 0 heterocycles. The van der Waals surface area contributed by atoms with Gasteiger partial charge in [0.2, 0.25) is 0 Å². The number of methoxy groups -OCH3 is 1. The van der Waals surface area contributed by atoms with Gasteiger partial charge in [0.1, 0.15) is 11.9 Å². The Morgan fingerprint density at radius 1 is 1.39 bits per heavy atom. The molecule has 0 saturated heterocycles. The molecular weight excluding hydrogens is 240 g/mol. The standard InChI is InChI=1S/C13H17F2NO2/c1-17-8-11(7-16-10-3-4-10)18-13-5-2-9(14)6-12(13)15/h2,5-6,10-11,16H,3-4,7-8H2,1H3. The van der Waals surface area contributed by atoms with Gasteiger partial charge >= 0.3 is 0 Å². The molecule has 0 amide bonds. The lowest BCUT2D eigenvalue weighted by molar-refractivity contribution is 0.0776.